The average Bonchev–Trinajstić information content (AvgIpc) is 2.79. The first-order chi connectivity index (χ1) is 8.65. The highest BCUT2D eigenvalue weighted by atomic mass is 19.1. The molecule has 1 N–H and O–H groups in total. The molecule has 0 radical (unpaired) electrons. The third-order valence-electron chi connectivity index (χ3n) is 3.51. The summed E-state index contributed by atoms with van der Waals surface area (Å²) in [7, 11) is 0. The Hall–Kier alpha value is -0.970. The molecule has 1 aliphatic rings. The van der Waals surface area contributed by atoms with E-state index < -0.39 is 18.0 Å². The summed E-state index contributed by atoms with van der Waals surface area (Å²) in [4.78, 5) is 0. The Bertz CT molecular complexity index is 404. The van der Waals surface area contributed by atoms with Crippen molar-refractivity contribution in [1.82, 2.24) is 0 Å². The zero-order valence-corrected chi connectivity index (χ0v) is 10.7. The third-order valence-corrected chi connectivity index (χ3v) is 3.51. The van der Waals surface area contributed by atoms with Gasteiger partial charge in [0.05, 0.1) is 6.61 Å². The van der Waals surface area contributed by atoms with Gasteiger partial charge in [0.25, 0.3) is 0 Å². The van der Waals surface area contributed by atoms with E-state index in [1.54, 1.807) is 18.2 Å². The van der Waals surface area contributed by atoms with Crippen molar-refractivity contribution in [3.05, 3.63) is 35.6 Å². The fourth-order valence-corrected chi connectivity index (χ4v) is 2.36. The van der Waals surface area contributed by atoms with Crippen molar-refractivity contribution in [2.75, 3.05) is 6.61 Å². The monoisotopic (exact) mass is 254 g/mol. The van der Waals surface area contributed by atoms with Crippen LogP contribution >= 0.6 is 0 Å². The predicted octanol–water partition coefficient (Wildman–Crippen LogP) is 2.79. The fourth-order valence-electron chi connectivity index (χ4n) is 2.36. The second kappa shape index (κ2) is 5.34. The van der Waals surface area contributed by atoms with Crippen LogP contribution < -0.4 is 0 Å². The molecule has 0 amide bonds. The molecule has 1 aliphatic heterocycles. The minimum absolute atomic E-state index is 0.180. The van der Waals surface area contributed by atoms with Crippen molar-refractivity contribution < 1.29 is 19.0 Å². The number of rotatable bonds is 4. The van der Waals surface area contributed by atoms with Crippen LogP contribution in [0.25, 0.3) is 0 Å². The van der Waals surface area contributed by atoms with Crippen LogP contribution in [0.15, 0.2) is 24.3 Å². The Labute approximate surface area is 107 Å². The molecule has 0 spiro atoms. The van der Waals surface area contributed by atoms with Gasteiger partial charge in [-0.15, -0.1) is 0 Å². The van der Waals surface area contributed by atoms with E-state index in [4.69, 9.17) is 9.47 Å². The van der Waals surface area contributed by atoms with Gasteiger partial charge in [0.2, 0.25) is 0 Å². The maximum absolute atomic E-state index is 13.8. The average molecular weight is 254 g/mol. The van der Waals surface area contributed by atoms with Gasteiger partial charge in [0.1, 0.15) is 18.0 Å². The van der Waals surface area contributed by atoms with Crippen LogP contribution in [0.5, 0.6) is 0 Å². The number of aliphatic hydroxyl groups excluding tert-OH is 1. The van der Waals surface area contributed by atoms with Crippen LogP contribution in [0.1, 0.15) is 38.4 Å². The normalized spacial score (nSPS) is 26.4. The molecule has 1 aromatic rings. The number of halogens is 1. The van der Waals surface area contributed by atoms with Gasteiger partial charge in [-0.05, 0) is 18.9 Å². The van der Waals surface area contributed by atoms with Crippen molar-refractivity contribution in [3.8, 4) is 0 Å². The standard InChI is InChI=1S/C14H19FO3/c1-3-14(4-2)17-12(9-16)13(18-14)10-7-5-6-8-11(10)15/h5-8,12-13,16H,3-4,9H2,1-2H3/t12-,13?/m1/s1. The third kappa shape index (κ3) is 2.28. The molecule has 3 nitrogen and oxygen atoms in total. The van der Waals surface area contributed by atoms with Gasteiger partial charge in [-0.2, -0.15) is 0 Å². The number of benzene rings is 1. The molecule has 100 valence electrons. The topological polar surface area (TPSA) is 38.7 Å². The Morgan fingerprint density at radius 2 is 1.89 bits per heavy atom. The SMILES string of the molecule is CCC1(CC)OC(c2ccccc2F)[C@@H](CO)O1. The summed E-state index contributed by atoms with van der Waals surface area (Å²) in [6.45, 7) is 3.74. The molecule has 1 heterocycles. The second-order valence-corrected chi connectivity index (χ2v) is 4.52. The molecule has 0 aliphatic carbocycles. The van der Waals surface area contributed by atoms with Gasteiger partial charge in [0.15, 0.2) is 5.79 Å². The molecule has 1 unspecified atom stereocenters. The lowest BCUT2D eigenvalue weighted by Gasteiger charge is -2.25. The lowest BCUT2D eigenvalue weighted by Crippen LogP contribution is -2.29. The van der Waals surface area contributed by atoms with E-state index in [0.29, 0.717) is 18.4 Å². The summed E-state index contributed by atoms with van der Waals surface area (Å²) in [5, 5.41) is 9.38. The highest BCUT2D eigenvalue weighted by Crippen LogP contribution is 2.42. The first-order valence-corrected chi connectivity index (χ1v) is 6.36. The van der Waals surface area contributed by atoms with Crippen LogP contribution in [-0.4, -0.2) is 23.6 Å². The van der Waals surface area contributed by atoms with Crippen LogP contribution in [0.2, 0.25) is 0 Å². The summed E-state index contributed by atoms with van der Waals surface area (Å²) in [6.07, 6.45) is 0.286. The maximum Gasteiger partial charge on any atom is 0.169 e. The minimum Gasteiger partial charge on any atom is -0.394 e. The Kier molecular flexibility index (Phi) is 4.00. The lowest BCUT2D eigenvalue weighted by atomic mass is 10.0. The molecule has 18 heavy (non-hydrogen) atoms. The molecule has 2 rings (SSSR count). The molecule has 0 bridgehead atoms. The Balaban J connectivity index is 2.30. The van der Waals surface area contributed by atoms with E-state index in [-0.39, 0.29) is 12.4 Å². The van der Waals surface area contributed by atoms with E-state index >= 15 is 0 Å². The van der Waals surface area contributed by atoms with Crippen molar-refractivity contribution >= 4 is 0 Å². The number of aliphatic hydroxyl groups is 1. The molecule has 0 aromatic heterocycles. The van der Waals surface area contributed by atoms with Crippen LogP contribution in [0.3, 0.4) is 0 Å². The number of hydrogen-bond acceptors (Lipinski definition) is 3. The maximum atomic E-state index is 13.8. The molecule has 1 saturated heterocycles. The second-order valence-electron chi connectivity index (χ2n) is 4.52. The number of hydrogen-bond donors (Lipinski definition) is 1. The summed E-state index contributed by atoms with van der Waals surface area (Å²) >= 11 is 0. The molecular weight excluding hydrogens is 235 g/mol. The van der Waals surface area contributed by atoms with Gasteiger partial charge in [0, 0.05) is 5.56 Å². The van der Waals surface area contributed by atoms with E-state index in [1.165, 1.54) is 6.07 Å². The van der Waals surface area contributed by atoms with Crippen molar-refractivity contribution in [2.45, 2.75) is 44.7 Å². The molecular formula is C14H19FO3. The highest BCUT2D eigenvalue weighted by molar-refractivity contribution is 5.22. The summed E-state index contributed by atoms with van der Waals surface area (Å²) < 4.78 is 25.5. The van der Waals surface area contributed by atoms with Crippen molar-refractivity contribution in [3.63, 3.8) is 0 Å². The summed E-state index contributed by atoms with van der Waals surface area (Å²) in [6, 6.07) is 6.46. The zero-order chi connectivity index (χ0) is 13.2. The first kappa shape index (κ1) is 13.5. The van der Waals surface area contributed by atoms with Crippen molar-refractivity contribution in [2.24, 2.45) is 0 Å². The molecule has 4 heteroatoms. The van der Waals surface area contributed by atoms with Crippen LogP contribution in [0, 0.1) is 5.82 Å². The quantitative estimate of drug-likeness (QED) is 0.898. The van der Waals surface area contributed by atoms with E-state index in [0.717, 1.165) is 0 Å². The van der Waals surface area contributed by atoms with E-state index in [2.05, 4.69) is 0 Å². The lowest BCUT2D eigenvalue weighted by molar-refractivity contribution is -0.182. The summed E-state index contributed by atoms with van der Waals surface area (Å²) in [5.41, 5.74) is 0.445. The fraction of sp³-hybridized carbons (Fsp3) is 0.571. The van der Waals surface area contributed by atoms with Gasteiger partial charge >= 0.3 is 0 Å². The van der Waals surface area contributed by atoms with E-state index in [1.807, 2.05) is 13.8 Å². The number of ether oxygens (including phenoxy) is 2. The van der Waals surface area contributed by atoms with Gasteiger partial charge in [-0.25, -0.2) is 4.39 Å². The van der Waals surface area contributed by atoms with Gasteiger partial charge in [-0.3, -0.25) is 0 Å². The smallest absolute Gasteiger partial charge is 0.169 e. The first-order valence-electron chi connectivity index (χ1n) is 6.36. The minimum atomic E-state index is -0.708. The molecule has 1 fully saturated rings. The molecule has 2 atom stereocenters. The van der Waals surface area contributed by atoms with Crippen LogP contribution in [0.4, 0.5) is 4.39 Å². The summed E-state index contributed by atoms with van der Waals surface area (Å²) in [5.74, 6) is -1.03. The zero-order valence-electron chi connectivity index (χ0n) is 10.7. The van der Waals surface area contributed by atoms with Gasteiger partial charge in [-0.1, -0.05) is 32.0 Å². The predicted molar refractivity (Wildman–Crippen MR) is 65.5 cm³/mol. The van der Waals surface area contributed by atoms with Gasteiger partial charge < -0.3 is 14.6 Å². The Morgan fingerprint density at radius 3 is 2.44 bits per heavy atom. The van der Waals surface area contributed by atoms with Crippen molar-refractivity contribution in [1.29, 1.82) is 0 Å². The largest absolute Gasteiger partial charge is 0.394 e. The molecule has 0 saturated carbocycles. The molecule has 1 aromatic carbocycles. The van der Waals surface area contributed by atoms with Crippen LogP contribution in [-0.2, 0) is 9.47 Å². The highest BCUT2D eigenvalue weighted by Gasteiger charge is 2.46. The Morgan fingerprint density at radius 1 is 1.22 bits per heavy atom. The van der Waals surface area contributed by atoms with E-state index in [9.17, 15) is 9.50 Å².